The van der Waals surface area contributed by atoms with Crippen molar-refractivity contribution in [2.75, 3.05) is 39.3 Å². The Morgan fingerprint density at radius 1 is 1.05 bits per heavy atom. The Balaban J connectivity index is 1.14. The highest BCUT2D eigenvalue weighted by Crippen LogP contribution is 2.47. The molecule has 0 spiro atoms. The highest BCUT2D eigenvalue weighted by molar-refractivity contribution is 5.86. The molecular weight excluding hydrogens is 473 g/mol. The number of aromatic amines is 1. The molecule has 3 aromatic rings. The molecule has 4 atom stereocenters. The van der Waals surface area contributed by atoms with Crippen LogP contribution in [-0.4, -0.2) is 60.1 Å². The standard InChI is InChI=1S/C30H37F3N4/c1-20-26-19-36(13-10-24-17-34-11-14-37(24)18-21-5-3-2-4-6-21)12-9-22(26)15-28-29(20)25-16-23(30(31,32)33)7-8-27(25)35-28/h2-8,16,20,22,24,26,34-35H,9-15,17-19H2,1H3/t20-,22-,24?,26-/m1/s1. The zero-order valence-corrected chi connectivity index (χ0v) is 21.5. The number of likely N-dealkylation sites (tertiary alicyclic amines) is 1. The number of aromatic nitrogens is 1. The van der Waals surface area contributed by atoms with Crippen LogP contribution >= 0.6 is 0 Å². The zero-order chi connectivity index (χ0) is 25.6. The van der Waals surface area contributed by atoms with Gasteiger partial charge in [-0.1, -0.05) is 37.3 Å². The van der Waals surface area contributed by atoms with Crippen LogP contribution in [0.3, 0.4) is 0 Å². The van der Waals surface area contributed by atoms with Crippen molar-refractivity contribution in [3.05, 3.63) is 70.9 Å². The Kier molecular flexibility index (Phi) is 6.80. The van der Waals surface area contributed by atoms with Gasteiger partial charge in [-0.2, -0.15) is 13.2 Å². The van der Waals surface area contributed by atoms with E-state index in [1.165, 1.54) is 17.7 Å². The van der Waals surface area contributed by atoms with Crippen molar-refractivity contribution in [1.29, 1.82) is 0 Å². The highest BCUT2D eigenvalue weighted by atomic mass is 19.4. The second-order valence-corrected chi connectivity index (χ2v) is 11.4. The molecule has 4 nitrogen and oxygen atoms in total. The summed E-state index contributed by atoms with van der Waals surface area (Å²) >= 11 is 0. The number of nitrogens with one attached hydrogen (secondary N) is 2. The number of nitrogens with zero attached hydrogens (tertiary/aromatic N) is 2. The molecule has 2 N–H and O–H groups in total. The minimum Gasteiger partial charge on any atom is -0.358 e. The van der Waals surface area contributed by atoms with E-state index in [0.717, 1.165) is 87.2 Å². The van der Waals surface area contributed by atoms with E-state index < -0.39 is 11.7 Å². The summed E-state index contributed by atoms with van der Waals surface area (Å²) in [6, 6.07) is 15.4. The predicted molar refractivity (Wildman–Crippen MR) is 142 cm³/mol. The van der Waals surface area contributed by atoms with Gasteiger partial charge in [0.15, 0.2) is 0 Å². The third-order valence-corrected chi connectivity index (χ3v) is 9.18. The summed E-state index contributed by atoms with van der Waals surface area (Å²) in [6.07, 6.45) is -1.07. The van der Waals surface area contributed by atoms with Crippen molar-refractivity contribution >= 4 is 10.9 Å². The number of rotatable bonds is 5. The molecule has 0 bridgehead atoms. The van der Waals surface area contributed by atoms with Gasteiger partial charge in [0.25, 0.3) is 0 Å². The van der Waals surface area contributed by atoms with Crippen molar-refractivity contribution in [3.8, 4) is 0 Å². The van der Waals surface area contributed by atoms with Gasteiger partial charge in [-0.3, -0.25) is 4.90 Å². The topological polar surface area (TPSA) is 34.3 Å². The van der Waals surface area contributed by atoms with Gasteiger partial charge in [0.05, 0.1) is 5.56 Å². The van der Waals surface area contributed by atoms with Crippen LogP contribution in [0.2, 0.25) is 0 Å². The number of hydrogen-bond donors (Lipinski definition) is 2. The molecule has 6 rings (SSSR count). The van der Waals surface area contributed by atoms with E-state index in [2.05, 4.69) is 57.4 Å². The average Bonchev–Trinajstić information content (AvgIpc) is 3.26. The lowest BCUT2D eigenvalue weighted by Crippen LogP contribution is -2.52. The third kappa shape index (κ3) is 5.06. The minimum atomic E-state index is -4.32. The molecule has 198 valence electrons. The molecule has 2 aliphatic heterocycles. The number of benzene rings is 2. The van der Waals surface area contributed by atoms with Gasteiger partial charge in [0, 0.05) is 55.4 Å². The van der Waals surface area contributed by atoms with E-state index in [-0.39, 0.29) is 5.92 Å². The second kappa shape index (κ2) is 10.1. The monoisotopic (exact) mass is 510 g/mol. The number of fused-ring (bicyclic) bond motifs is 4. The van der Waals surface area contributed by atoms with Crippen LogP contribution in [0.15, 0.2) is 48.5 Å². The number of hydrogen-bond acceptors (Lipinski definition) is 3. The third-order valence-electron chi connectivity index (χ3n) is 9.18. The fourth-order valence-corrected chi connectivity index (χ4v) is 7.17. The fraction of sp³-hybridized carbons (Fsp3) is 0.533. The van der Waals surface area contributed by atoms with Crippen molar-refractivity contribution in [3.63, 3.8) is 0 Å². The molecule has 1 aliphatic carbocycles. The molecule has 1 unspecified atom stereocenters. The smallest absolute Gasteiger partial charge is 0.358 e. The van der Waals surface area contributed by atoms with Crippen molar-refractivity contribution in [2.24, 2.45) is 11.8 Å². The number of piperazine rings is 1. The Labute approximate surface area is 217 Å². The van der Waals surface area contributed by atoms with Crippen LogP contribution in [-0.2, 0) is 19.1 Å². The lowest BCUT2D eigenvalue weighted by Gasteiger charge is -2.45. The molecule has 0 radical (unpaired) electrons. The molecule has 0 saturated carbocycles. The first-order valence-corrected chi connectivity index (χ1v) is 13.8. The molecular formula is C30H37F3N4. The van der Waals surface area contributed by atoms with Gasteiger partial charge in [-0.05, 0) is 79.4 Å². The Morgan fingerprint density at radius 2 is 1.89 bits per heavy atom. The molecule has 0 amide bonds. The Morgan fingerprint density at radius 3 is 2.70 bits per heavy atom. The van der Waals surface area contributed by atoms with Crippen molar-refractivity contribution in [2.45, 2.75) is 50.9 Å². The van der Waals surface area contributed by atoms with E-state index >= 15 is 0 Å². The van der Waals surface area contributed by atoms with Crippen LogP contribution in [0.5, 0.6) is 0 Å². The zero-order valence-electron chi connectivity index (χ0n) is 21.5. The number of H-pyrrole nitrogens is 1. The second-order valence-electron chi connectivity index (χ2n) is 11.4. The molecule has 2 saturated heterocycles. The van der Waals surface area contributed by atoms with Gasteiger partial charge in [-0.25, -0.2) is 0 Å². The molecule has 7 heteroatoms. The Hall–Kier alpha value is -2.35. The minimum absolute atomic E-state index is 0.250. The predicted octanol–water partition coefficient (Wildman–Crippen LogP) is 5.65. The number of alkyl halides is 3. The summed E-state index contributed by atoms with van der Waals surface area (Å²) < 4.78 is 40.3. The van der Waals surface area contributed by atoms with E-state index in [9.17, 15) is 13.2 Å². The van der Waals surface area contributed by atoms with Gasteiger partial charge >= 0.3 is 6.18 Å². The van der Waals surface area contributed by atoms with Crippen LogP contribution in [0.1, 0.15) is 48.1 Å². The first kappa shape index (κ1) is 25.0. The fourth-order valence-electron chi connectivity index (χ4n) is 7.17. The first-order chi connectivity index (χ1) is 17.9. The van der Waals surface area contributed by atoms with E-state index in [0.29, 0.717) is 17.9 Å². The summed E-state index contributed by atoms with van der Waals surface area (Å²) in [6.45, 7) is 9.60. The number of halogens is 3. The van der Waals surface area contributed by atoms with Crippen molar-refractivity contribution < 1.29 is 13.2 Å². The summed E-state index contributed by atoms with van der Waals surface area (Å²) in [5, 5.41) is 4.35. The molecule has 2 fully saturated rings. The maximum Gasteiger partial charge on any atom is 0.416 e. The Bertz CT molecular complexity index is 1220. The molecule has 1 aromatic heterocycles. The van der Waals surface area contributed by atoms with Gasteiger partial charge in [0.1, 0.15) is 0 Å². The summed E-state index contributed by atoms with van der Waals surface area (Å²) in [5.41, 5.74) is 3.93. The summed E-state index contributed by atoms with van der Waals surface area (Å²) in [5.74, 6) is 1.33. The normalized spacial score (nSPS) is 27.2. The lowest BCUT2D eigenvalue weighted by atomic mass is 9.68. The van der Waals surface area contributed by atoms with Crippen LogP contribution in [0, 0.1) is 11.8 Å². The molecule has 3 aliphatic rings. The first-order valence-electron chi connectivity index (χ1n) is 13.8. The SMILES string of the molecule is C[C@H]1c2c([nH]c3ccc(C(F)(F)F)cc23)C[C@H]2CCN(CCC3CNCCN3Cc3ccccc3)C[C@@H]21. The van der Waals surface area contributed by atoms with Crippen LogP contribution in [0.4, 0.5) is 13.2 Å². The van der Waals surface area contributed by atoms with Crippen molar-refractivity contribution in [1.82, 2.24) is 20.1 Å². The molecule has 37 heavy (non-hydrogen) atoms. The van der Waals surface area contributed by atoms with E-state index in [1.54, 1.807) is 6.07 Å². The lowest BCUT2D eigenvalue weighted by molar-refractivity contribution is -0.137. The van der Waals surface area contributed by atoms with Gasteiger partial charge < -0.3 is 15.2 Å². The number of piperidine rings is 1. The van der Waals surface area contributed by atoms with E-state index in [4.69, 9.17) is 0 Å². The van der Waals surface area contributed by atoms with Crippen LogP contribution in [0.25, 0.3) is 10.9 Å². The molecule has 2 aromatic carbocycles. The maximum absolute atomic E-state index is 13.4. The van der Waals surface area contributed by atoms with Gasteiger partial charge in [-0.15, -0.1) is 0 Å². The highest BCUT2D eigenvalue weighted by Gasteiger charge is 2.40. The quantitative estimate of drug-likeness (QED) is 0.466. The van der Waals surface area contributed by atoms with Crippen LogP contribution < -0.4 is 5.32 Å². The van der Waals surface area contributed by atoms with E-state index in [1.807, 2.05) is 0 Å². The largest absolute Gasteiger partial charge is 0.416 e. The molecule has 3 heterocycles. The average molecular weight is 511 g/mol. The maximum atomic E-state index is 13.4. The van der Waals surface area contributed by atoms with Gasteiger partial charge in [0.2, 0.25) is 0 Å². The summed E-state index contributed by atoms with van der Waals surface area (Å²) in [7, 11) is 0. The summed E-state index contributed by atoms with van der Waals surface area (Å²) in [4.78, 5) is 8.71.